The molecule has 1 aromatic rings. The van der Waals surface area contributed by atoms with E-state index in [2.05, 4.69) is 15.9 Å². The number of nitrogens with two attached hydrogens (primary N) is 1. The molecule has 0 spiro atoms. The molecule has 0 aliphatic rings. The quantitative estimate of drug-likeness (QED) is 0.867. The highest BCUT2D eigenvalue weighted by Gasteiger charge is 2.29. The van der Waals surface area contributed by atoms with E-state index in [0.717, 1.165) is 0 Å². The fourth-order valence-corrected chi connectivity index (χ4v) is 1.77. The molecule has 1 aromatic carbocycles. The maximum atomic E-state index is 13.8. The topological polar surface area (TPSA) is 35.2 Å². The average molecular weight is 294 g/mol. The summed E-state index contributed by atoms with van der Waals surface area (Å²) in [6.07, 6.45) is 0. The van der Waals surface area contributed by atoms with Gasteiger partial charge >= 0.3 is 0 Å². The molecule has 0 saturated heterocycles. The summed E-state index contributed by atoms with van der Waals surface area (Å²) >= 11 is 3.00. The lowest BCUT2D eigenvalue weighted by atomic mass is 9.93. The van der Waals surface area contributed by atoms with Crippen molar-refractivity contribution in [1.29, 1.82) is 0 Å². The van der Waals surface area contributed by atoms with Gasteiger partial charge in [-0.2, -0.15) is 0 Å². The van der Waals surface area contributed by atoms with Gasteiger partial charge in [0.05, 0.1) is 16.6 Å². The number of hydrogen-bond donors (Lipinski definition) is 1. The van der Waals surface area contributed by atoms with Crippen molar-refractivity contribution in [3.8, 4) is 0 Å². The number of rotatable bonds is 4. The van der Waals surface area contributed by atoms with E-state index in [1.165, 1.54) is 19.1 Å². The predicted molar refractivity (Wildman–Crippen MR) is 62.1 cm³/mol. The van der Waals surface area contributed by atoms with Crippen LogP contribution >= 0.6 is 15.9 Å². The van der Waals surface area contributed by atoms with E-state index >= 15 is 0 Å². The second kappa shape index (κ2) is 5.21. The molecular formula is C11H14BrF2NO. The van der Waals surface area contributed by atoms with E-state index in [1.807, 2.05) is 0 Å². The van der Waals surface area contributed by atoms with E-state index in [0.29, 0.717) is 6.61 Å². The Balaban J connectivity index is 3.15. The normalized spacial score (nSPS) is 14.9. The van der Waals surface area contributed by atoms with Crippen molar-refractivity contribution in [2.24, 2.45) is 5.73 Å². The van der Waals surface area contributed by atoms with Crippen LogP contribution in [0.15, 0.2) is 16.6 Å². The molecule has 1 rings (SSSR count). The Kier molecular flexibility index (Phi) is 4.41. The minimum atomic E-state index is -1.19. The number of halogens is 3. The summed E-state index contributed by atoms with van der Waals surface area (Å²) in [5.74, 6) is -1.34. The Bertz CT molecular complexity index is 382. The number of ether oxygens (including phenoxy) is 1. The van der Waals surface area contributed by atoms with Crippen LogP contribution in [0.3, 0.4) is 0 Å². The van der Waals surface area contributed by atoms with Crippen LogP contribution in [0.4, 0.5) is 8.78 Å². The van der Waals surface area contributed by atoms with Crippen molar-refractivity contribution in [3.05, 3.63) is 33.8 Å². The lowest BCUT2D eigenvalue weighted by molar-refractivity contribution is 0.0976. The van der Waals surface area contributed by atoms with Crippen LogP contribution in [0, 0.1) is 11.6 Å². The van der Waals surface area contributed by atoms with Gasteiger partial charge in [0.2, 0.25) is 0 Å². The van der Waals surface area contributed by atoms with Crippen LogP contribution in [0.1, 0.15) is 19.4 Å². The van der Waals surface area contributed by atoms with Gasteiger partial charge in [-0.25, -0.2) is 8.78 Å². The van der Waals surface area contributed by atoms with Gasteiger partial charge < -0.3 is 10.5 Å². The highest BCUT2D eigenvalue weighted by molar-refractivity contribution is 9.10. The van der Waals surface area contributed by atoms with Crippen LogP contribution in [0.5, 0.6) is 0 Å². The Hall–Kier alpha value is -0.520. The van der Waals surface area contributed by atoms with Crippen molar-refractivity contribution < 1.29 is 13.5 Å². The molecule has 90 valence electrons. The first-order chi connectivity index (χ1) is 7.40. The molecule has 0 radical (unpaired) electrons. The van der Waals surface area contributed by atoms with E-state index in [1.54, 1.807) is 6.92 Å². The molecular weight excluding hydrogens is 280 g/mol. The van der Waals surface area contributed by atoms with Gasteiger partial charge in [0.25, 0.3) is 0 Å². The van der Waals surface area contributed by atoms with Crippen molar-refractivity contribution in [3.63, 3.8) is 0 Å². The third kappa shape index (κ3) is 2.78. The Morgan fingerprint density at radius 3 is 2.62 bits per heavy atom. The fourth-order valence-electron chi connectivity index (χ4n) is 1.44. The van der Waals surface area contributed by atoms with Gasteiger partial charge in [0.15, 0.2) is 0 Å². The smallest absolute Gasteiger partial charge is 0.145 e. The van der Waals surface area contributed by atoms with Crippen molar-refractivity contribution in [2.45, 2.75) is 19.4 Å². The van der Waals surface area contributed by atoms with Gasteiger partial charge in [-0.15, -0.1) is 0 Å². The third-order valence-corrected chi connectivity index (χ3v) is 2.83. The molecule has 0 heterocycles. The minimum absolute atomic E-state index is 0.0633. The SMILES string of the molecule is CCOCC(C)(N)c1c(F)ccc(Br)c1F. The van der Waals surface area contributed by atoms with Crippen LogP contribution in [0.2, 0.25) is 0 Å². The van der Waals surface area contributed by atoms with Gasteiger partial charge in [-0.05, 0) is 41.9 Å². The molecule has 0 fully saturated rings. The molecule has 16 heavy (non-hydrogen) atoms. The first-order valence-electron chi connectivity index (χ1n) is 4.90. The maximum absolute atomic E-state index is 13.8. The van der Waals surface area contributed by atoms with E-state index < -0.39 is 17.2 Å². The van der Waals surface area contributed by atoms with E-state index in [4.69, 9.17) is 10.5 Å². The molecule has 0 saturated carbocycles. The second-order valence-corrected chi connectivity index (χ2v) is 4.63. The molecule has 1 unspecified atom stereocenters. The van der Waals surface area contributed by atoms with Gasteiger partial charge in [-0.1, -0.05) is 0 Å². The molecule has 5 heteroatoms. The molecule has 2 N–H and O–H groups in total. The minimum Gasteiger partial charge on any atom is -0.379 e. The summed E-state index contributed by atoms with van der Waals surface area (Å²) in [6, 6.07) is 2.49. The summed E-state index contributed by atoms with van der Waals surface area (Å²) in [5, 5.41) is 0. The zero-order chi connectivity index (χ0) is 12.3. The summed E-state index contributed by atoms with van der Waals surface area (Å²) in [7, 11) is 0. The van der Waals surface area contributed by atoms with Crippen molar-refractivity contribution >= 4 is 15.9 Å². The van der Waals surface area contributed by atoms with Gasteiger partial charge in [0.1, 0.15) is 11.6 Å². The van der Waals surface area contributed by atoms with Crippen LogP contribution in [-0.2, 0) is 10.3 Å². The van der Waals surface area contributed by atoms with Crippen LogP contribution < -0.4 is 5.73 Å². The maximum Gasteiger partial charge on any atom is 0.145 e. The van der Waals surface area contributed by atoms with Crippen molar-refractivity contribution in [1.82, 2.24) is 0 Å². The second-order valence-electron chi connectivity index (χ2n) is 3.77. The molecule has 0 bridgehead atoms. The number of hydrogen-bond acceptors (Lipinski definition) is 2. The van der Waals surface area contributed by atoms with Crippen molar-refractivity contribution in [2.75, 3.05) is 13.2 Å². The lowest BCUT2D eigenvalue weighted by Crippen LogP contribution is -2.40. The monoisotopic (exact) mass is 293 g/mol. The fraction of sp³-hybridized carbons (Fsp3) is 0.455. The summed E-state index contributed by atoms with van der Waals surface area (Å²) in [6.45, 7) is 3.85. The average Bonchev–Trinajstić information content (AvgIpc) is 2.21. The largest absolute Gasteiger partial charge is 0.379 e. The molecule has 1 atom stereocenters. The molecule has 0 aromatic heterocycles. The molecule has 0 aliphatic carbocycles. The Morgan fingerprint density at radius 2 is 2.06 bits per heavy atom. The summed E-state index contributed by atoms with van der Waals surface area (Å²) in [4.78, 5) is 0. The predicted octanol–water partition coefficient (Wildman–Crippen LogP) is 2.94. The first kappa shape index (κ1) is 13.5. The highest BCUT2D eigenvalue weighted by atomic mass is 79.9. The lowest BCUT2D eigenvalue weighted by Gasteiger charge is -2.26. The summed E-state index contributed by atoms with van der Waals surface area (Å²) < 4.78 is 32.6. The highest BCUT2D eigenvalue weighted by Crippen LogP contribution is 2.29. The Morgan fingerprint density at radius 1 is 1.44 bits per heavy atom. The first-order valence-corrected chi connectivity index (χ1v) is 5.70. The number of benzene rings is 1. The Labute approximate surface area is 102 Å². The third-order valence-electron chi connectivity index (χ3n) is 2.22. The zero-order valence-corrected chi connectivity index (χ0v) is 10.8. The summed E-state index contributed by atoms with van der Waals surface area (Å²) in [5.41, 5.74) is 4.53. The van der Waals surface area contributed by atoms with Crippen LogP contribution in [-0.4, -0.2) is 13.2 Å². The molecule has 0 amide bonds. The molecule has 2 nitrogen and oxygen atoms in total. The molecule has 0 aliphatic heterocycles. The standard InChI is InChI=1S/C11H14BrF2NO/c1-3-16-6-11(2,15)9-8(13)5-4-7(12)10(9)14/h4-5H,3,6,15H2,1-2H3. The zero-order valence-electron chi connectivity index (χ0n) is 9.19. The van der Waals surface area contributed by atoms with Crippen LogP contribution in [0.25, 0.3) is 0 Å². The van der Waals surface area contributed by atoms with Gasteiger partial charge in [0, 0.05) is 12.2 Å². The van der Waals surface area contributed by atoms with Gasteiger partial charge in [-0.3, -0.25) is 0 Å². The van der Waals surface area contributed by atoms with E-state index in [9.17, 15) is 8.78 Å². The van der Waals surface area contributed by atoms with E-state index in [-0.39, 0.29) is 16.6 Å².